The van der Waals surface area contributed by atoms with Crippen LogP contribution < -0.4 is 0 Å². The SMILES string of the molecule is C.C=C[C@H]1OC(C)(C)O[C@H]1C=O.CO[C@@H]1O[C@H](CBr)[C@H]2OC(C)(C)O[C@@H]12.[CH3-].[Zn]. The van der Waals surface area contributed by atoms with Crippen LogP contribution in [0.3, 0.4) is 0 Å². The minimum absolute atomic E-state index is 0. The van der Waals surface area contributed by atoms with Gasteiger partial charge in [0.05, 0.1) is 6.10 Å². The zero-order chi connectivity index (χ0) is 18.8. The quantitative estimate of drug-likeness (QED) is 0.186. The van der Waals surface area contributed by atoms with E-state index in [-0.39, 0.29) is 65.0 Å². The Labute approximate surface area is 190 Å². The molecule has 0 amide bonds. The van der Waals surface area contributed by atoms with Crippen molar-refractivity contribution in [3.8, 4) is 0 Å². The summed E-state index contributed by atoms with van der Waals surface area (Å²) in [5.41, 5.74) is 0. The number of hydrogen-bond donors (Lipinski definition) is 0. The molecular weight excluding hydrogens is 485 g/mol. The molecule has 3 rings (SSSR count). The van der Waals surface area contributed by atoms with Crippen molar-refractivity contribution in [3.05, 3.63) is 20.1 Å². The van der Waals surface area contributed by atoms with Crippen LogP contribution in [-0.4, -0.2) is 67.1 Å². The standard InChI is InChI=1S/C9H15BrO4.C8H12O3.CH4.CH3.Zn/c1-9(2)13-6-5(4-10)12-8(11-3)7(6)14-9;1-4-6-7(5-9)11-8(2,3)10-6;;;/h5-8H,4H2,1-3H3;4-7H,1H2,2-3H3;1H4;1H3;/q;;;-1;/t5-,6-,7-,8-;6-,7+;;;/m11.../s1. The number of methoxy groups -OCH3 is 1. The van der Waals surface area contributed by atoms with Crippen molar-refractivity contribution in [2.24, 2.45) is 0 Å². The predicted molar refractivity (Wildman–Crippen MR) is 107 cm³/mol. The molecule has 0 aromatic carbocycles. The molecule has 3 saturated heterocycles. The van der Waals surface area contributed by atoms with Crippen molar-refractivity contribution < 1.29 is 52.7 Å². The number of carbonyl (C=O) groups is 1. The van der Waals surface area contributed by atoms with Gasteiger partial charge in [-0.25, -0.2) is 0 Å². The largest absolute Gasteiger partial charge is 0.358 e. The van der Waals surface area contributed by atoms with Crippen LogP contribution in [0.1, 0.15) is 35.1 Å². The van der Waals surface area contributed by atoms with Gasteiger partial charge in [0.2, 0.25) is 0 Å². The van der Waals surface area contributed by atoms with Crippen molar-refractivity contribution in [1.82, 2.24) is 0 Å². The van der Waals surface area contributed by atoms with Crippen molar-refractivity contribution >= 4 is 22.2 Å². The van der Waals surface area contributed by atoms with Crippen LogP contribution in [0.25, 0.3) is 0 Å². The Kier molecular flexibility index (Phi) is 13.3. The molecule has 6 atom stereocenters. The average Bonchev–Trinajstić information content (AvgIpc) is 3.14. The number of carbonyl (C=O) groups excluding carboxylic acids is 1. The number of halogens is 1. The van der Waals surface area contributed by atoms with Crippen molar-refractivity contribution in [1.29, 1.82) is 0 Å². The summed E-state index contributed by atoms with van der Waals surface area (Å²) in [5, 5.41) is 0.730. The fraction of sp³-hybridized carbons (Fsp3) is 0.789. The second-order valence-electron chi connectivity index (χ2n) is 6.93. The Balaban J connectivity index is 0. The van der Waals surface area contributed by atoms with Crippen molar-refractivity contribution in [2.75, 3.05) is 12.4 Å². The maximum Gasteiger partial charge on any atom is 0.186 e. The molecule has 9 heteroatoms. The average molecular weight is 520 g/mol. The summed E-state index contributed by atoms with van der Waals surface area (Å²) >= 11 is 3.39. The van der Waals surface area contributed by atoms with E-state index in [9.17, 15) is 4.79 Å². The number of rotatable bonds is 4. The van der Waals surface area contributed by atoms with E-state index in [1.54, 1.807) is 27.0 Å². The summed E-state index contributed by atoms with van der Waals surface area (Å²) in [6.07, 6.45) is 1.06. The zero-order valence-electron chi connectivity index (χ0n) is 17.0. The third kappa shape index (κ3) is 7.20. The maximum absolute atomic E-state index is 10.4. The molecule has 0 aromatic rings. The molecular formula is C19H34BrO7Zn-. The smallest absolute Gasteiger partial charge is 0.186 e. The van der Waals surface area contributed by atoms with Gasteiger partial charge in [0.15, 0.2) is 24.2 Å². The normalized spacial score (nSPS) is 36.5. The van der Waals surface area contributed by atoms with E-state index in [4.69, 9.17) is 28.4 Å². The van der Waals surface area contributed by atoms with Crippen LogP contribution in [0.15, 0.2) is 12.7 Å². The number of ether oxygens (including phenoxy) is 6. The van der Waals surface area contributed by atoms with Crippen LogP contribution >= 0.6 is 15.9 Å². The minimum Gasteiger partial charge on any atom is -0.358 e. The monoisotopic (exact) mass is 517 g/mol. The van der Waals surface area contributed by atoms with Gasteiger partial charge < -0.3 is 40.6 Å². The Morgan fingerprint density at radius 2 is 1.54 bits per heavy atom. The maximum atomic E-state index is 10.4. The zero-order valence-corrected chi connectivity index (χ0v) is 21.5. The number of alkyl halides is 1. The van der Waals surface area contributed by atoms with Crippen molar-refractivity contribution in [3.63, 3.8) is 0 Å². The summed E-state index contributed by atoms with van der Waals surface area (Å²) < 4.78 is 32.8. The predicted octanol–water partition coefficient (Wildman–Crippen LogP) is 3.25. The Hall–Kier alpha value is 0.273. The second kappa shape index (κ2) is 12.2. The molecule has 7 nitrogen and oxygen atoms in total. The van der Waals surface area contributed by atoms with E-state index in [1.807, 2.05) is 13.8 Å². The molecule has 3 aliphatic rings. The molecule has 3 fully saturated rings. The third-order valence-electron chi connectivity index (χ3n) is 4.02. The van der Waals surface area contributed by atoms with E-state index in [2.05, 4.69) is 22.5 Å². The number of fused-ring (bicyclic) bond motifs is 1. The Morgan fingerprint density at radius 1 is 1.04 bits per heavy atom. The van der Waals surface area contributed by atoms with Crippen molar-refractivity contribution in [2.45, 2.75) is 83.5 Å². The van der Waals surface area contributed by atoms with Crippen LogP contribution in [0.5, 0.6) is 0 Å². The van der Waals surface area contributed by atoms with Gasteiger partial charge in [0, 0.05) is 31.9 Å². The first kappa shape index (κ1) is 30.5. The fourth-order valence-electron chi connectivity index (χ4n) is 3.06. The number of hydrogen-bond acceptors (Lipinski definition) is 7. The molecule has 3 aliphatic heterocycles. The molecule has 162 valence electrons. The molecule has 0 spiro atoms. The molecule has 0 aromatic heterocycles. The fourth-order valence-corrected chi connectivity index (χ4v) is 3.58. The molecule has 28 heavy (non-hydrogen) atoms. The van der Waals surface area contributed by atoms with Gasteiger partial charge in [-0.3, -0.25) is 0 Å². The Morgan fingerprint density at radius 3 is 1.96 bits per heavy atom. The first-order valence-corrected chi connectivity index (χ1v) is 9.32. The molecule has 0 radical (unpaired) electrons. The molecule has 0 bridgehead atoms. The first-order chi connectivity index (χ1) is 11.7. The summed E-state index contributed by atoms with van der Waals surface area (Å²) in [6.45, 7) is 10.9. The van der Waals surface area contributed by atoms with Crippen LogP contribution in [0.2, 0.25) is 0 Å². The van der Waals surface area contributed by atoms with Gasteiger partial charge in [-0.1, -0.05) is 29.4 Å². The second-order valence-corrected chi connectivity index (χ2v) is 7.58. The van der Waals surface area contributed by atoms with Gasteiger partial charge in [-0.2, -0.15) is 0 Å². The first-order valence-electron chi connectivity index (χ1n) is 8.19. The van der Waals surface area contributed by atoms with Gasteiger partial charge >= 0.3 is 0 Å². The summed E-state index contributed by atoms with van der Waals surface area (Å²) in [6, 6.07) is 0. The summed E-state index contributed by atoms with van der Waals surface area (Å²) in [4.78, 5) is 10.4. The molecule has 0 unspecified atom stereocenters. The summed E-state index contributed by atoms with van der Waals surface area (Å²) in [7, 11) is 1.62. The minimum atomic E-state index is -0.662. The molecule has 3 heterocycles. The van der Waals surface area contributed by atoms with E-state index < -0.39 is 17.7 Å². The van der Waals surface area contributed by atoms with E-state index in [0.717, 1.165) is 11.6 Å². The Bertz CT molecular complexity index is 451. The van der Waals surface area contributed by atoms with Gasteiger partial charge in [-0.05, 0) is 27.7 Å². The topological polar surface area (TPSA) is 72.5 Å². The van der Waals surface area contributed by atoms with Gasteiger partial charge in [-0.15, -0.1) is 6.58 Å². The number of aldehydes is 1. The van der Waals surface area contributed by atoms with E-state index >= 15 is 0 Å². The van der Waals surface area contributed by atoms with Crippen LogP contribution in [-0.2, 0) is 52.7 Å². The van der Waals surface area contributed by atoms with Crippen LogP contribution in [0, 0.1) is 7.43 Å². The third-order valence-corrected chi connectivity index (χ3v) is 4.66. The van der Waals surface area contributed by atoms with E-state index in [0.29, 0.717) is 0 Å². The molecule has 0 saturated carbocycles. The molecule has 0 aliphatic carbocycles. The van der Waals surface area contributed by atoms with Gasteiger partial charge in [0.25, 0.3) is 0 Å². The molecule has 0 N–H and O–H groups in total. The van der Waals surface area contributed by atoms with Gasteiger partial charge in [0.1, 0.15) is 24.4 Å². The van der Waals surface area contributed by atoms with E-state index in [1.165, 1.54) is 0 Å². The summed E-state index contributed by atoms with van der Waals surface area (Å²) in [5.74, 6) is -1.19. The van der Waals surface area contributed by atoms with Crippen LogP contribution in [0.4, 0.5) is 0 Å².